The van der Waals surface area contributed by atoms with Crippen LogP contribution >= 0.6 is 0 Å². The monoisotopic (exact) mass is 227 g/mol. The van der Waals surface area contributed by atoms with Crippen LogP contribution in [0.5, 0.6) is 0 Å². The molecular formula is C15H17NO. The number of hydrogen-bond acceptors (Lipinski definition) is 1. The molecule has 2 aromatic rings. The van der Waals surface area contributed by atoms with E-state index in [1.54, 1.807) is 0 Å². The number of hydrogen-bond donors (Lipinski definition) is 0. The van der Waals surface area contributed by atoms with Crippen LogP contribution in [0.15, 0.2) is 29.1 Å². The third-order valence-electron chi connectivity index (χ3n) is 3.69. The Morgan fingerprint density at radius 2 is 2.00 bits per heavy atom. The maximum Gasteiger partial charge on any atom is 0.193 e. The highest BCUT2D eigenvalue weighted by Crippen LogP contribution is 2.27. The fraction of sp³-hybridized carbons (Fsp3) is 0.400. The van der Waals surface area contributed by atoms with Crippen molar-refractivity contribution >= 4 is 10.9 Å². The Hall–Kier alpha value is -1.57. The van der Waals surface area contributed by atoms with Crippen LogP contribution in [-0.4, -0.2) is 4.57 Å². The van der Waals surface area contributed by atoms with Crippen molar-refractivity contribution in [2.75, 3.05) is 0 Å². The Balaban J connectivity index is 2.51. The fourth-order valence-electron chi connectivity index (χ4n) is 2.99. The lowest BCUT2D eigenvalue weighted by molar-refractivity contribution is 0.759. The van der Waals surface area contributed by atoms with Crippen molar-refractivity contribution in [2.24, 2.45) is 0 Å². The second-order valence-corrected chi connectivity index (χ2v) is 5.12. The molecule has 0 saturated heterocycles. The highest BCUT2D eigenvalue weighted by molar-refractivity contribution is 5.80. The molecule has 0 N–H and O–H groups in total. The van der Waals surface area contributed by atoms with E-state index in [0.717, 1.165) is 35.9 Å². The van der Waals surface area contributed by atoms with Crippen molar-refractivity contribution in [2.45, 2.75) is 39.2 Å². The zero-order chi connectivity index (χ0) is 12.0. The van der Waals surface area contributed by atoms with E-state index in [-0.39, 0.29) is 5.43 Å². The lowest BCUT2D eigenvalue weighted by Gasteiger charge is -2.15. The van der Waals surface area contributed by atoms with Crippen LogP contribution < -0.4 is 5.43 Å². The quantitative estimate of drug-likeness (QED) is 0.734. The topological polar surface area (TPSA) is 22.0 Å². The first-order valence-corrected chi connectivity index (χ1v) is 6.34. The minimum absolute atomic E-state index is 0.240. The second kappa shape index (κ2) is 3.73. The minimum atomic E-state index is 0.240. The minimum Gasteiger partial charge on any atom is -0.344 e. The molecule has 0 atom stereocenters. The summed E-state index contributed by atoms with van der Waals surface area (Å²) in [5.41, 5.74) is 3.64. The molecule has 3 rings (SSSR count). The molecule has 1 aliphatic heterocycles. The smallest absolute Gasteiger partial charge is 0.193 e. The molecule has 17 heavy (non-hydrogen) atoms. The zero-order valence-corrected chi connectivity index (χ0v) is 10.4. The highest BCUT2D eigenvalue weighted by atomic mass is 16.1. The van der Waals surface area contributed by atoms with Crippen molar-refractivity contribution in [1.29, 1.82) is 0 Å². The van der Waals surface area contributed by atoms with Gasteiger partial charge >= 0.3 is 0 Å². The number of pyridine rings is 1. The van der Waals surface area contributed by atoms with E-state index in [1.807, 2.05) is 18.2 Å². The molecule has 0 amide bonds. The first-order valence-electron chi connectivity index (χ1n) is 6.34. The van der Waals surface area contributed by atoms with Gasteiger partial charge in [-0.3, -0.25) is 4.79 Å². The van der Waals surface area contributed by atoms with E-state index < -0.39 is 0 Å². The van der Waals surface area contributed by atoms with Crippen molar-refractivity contribution < 1.29 is 0 Å². The lowest BCUT2D eigenvalue weighted by Crippen LogP contribution is -2.18. The molecule has 0 aliphatic carbocycles. The van der Waals surface area contributed by atoms with Gasteiger partial charge in [0.2, 0.25) is 0 Å². The first kappa shape index (κ1) is 10.6. The summed E-state index contributed by atoms with van der Waals surface area (Å²) in [7, 11) is 0. The molecule has 2 nitrogen and oxygen atoms in total. The van der Waals surface area contributed by atoms with Crippen molar-refractivity contribution in [3.8, 4) is 0 Å². The molecule has 1 aromatic heterocycles. The third-order valence-corrected chi connectivity index (χ3v) is 3.69. The predicted octanol–water partition coefficient (Wildman–Crippen LogP) is 3.07. The van der Waals surface area contributed by atoms with E-state index in [2.05, 4.69) is 24.5 Å². The van der Waals surface area contributed by atoms with Gasteiger partial charge in [0.05, 0.1) is 5.52 Å². The number of nitrogens with zero attached hydrogens (tertiary/aromatic N) is 1. The van der Waals surface area contributed by atoms with E-state index in [0.29, 0.717) is 5.92 Å². The number of aryl methyl sites for hydroxylation is 1. The summed E-state index contributed by atoms with van der Waals surface area (Å²) in [6, 6.07) is 7.99. The maximum absolute atomic E-state index is 12.5. The Morgan fingerprint density at radius 1 is 1.24 bits per heavy atom. The van der Waals surface area contributed by atoms with Gasteiger partial charge in [-0.05, 0) is 30.9 Å². The number of fused-ring (bicyclic) bond motifs is 3. The van der Waals surface area contributed by atoms with Gasteiger partial charge in [0.15, 0.2) is 5.43 Å². The highest BCUT2D eigenvalue weighted by Gasteiger charge is 2.21. The number of aromatic nitrogens is 1. The lowest BCUT2D eigenvalue weighted by atomic mass is 9.97. The molecule has 2 heteroatoms. The summed E-state index contributed by atoms with van der Waals surface area (Å²) >= 11 is 0. The summed E-state index contributed by atoms with van der Waals surface area (Å²) in [5, 5.41) is 0.877. The Morgan fingerprint density at radius 3 is 2.76 bits per heavy atom. The van der Waals surface area contributed by atoms with E-state index >= 15 is 0 Å². The second-order valence-electron chi connectivity index (χ2n) is 5.12. The third kappa shape index (κ3) is 1.43. The molecule has 0 saturated carbocycles. The summed E-state index contributed by atoms with van der Waals surface area (Å²) in [5.74, 6) is 0.312. The number of benzene rings is 1. The van der Waals surface area contributed by atoms with Gasteiger partial charge in [-0.2, -0.15) is 0 Å². The van der Waals surface area contributed by atoms with Crippen LogP contribution in [0.3, 0.4) is 0 Å². The summed E-state index contributed by atoms with van der Waals surface area (Å²) in [6.45, 7) is 5.28. The van der Waals surface area contributed by atoms with Gasteiger partial charge in [0.25, 0.3) is 0 Å². The average molecular weight is 227 g/mol. The maximum atomic E-state index is 12.5. The van der Waals surface area contributed by atoms with Crippen LogP contribution in [0.2, 0.25) is 0 Å². The first-order chi connectivity index (χ1) is 8.20. The van der Waals surface area contributed by atoms with Crippen molar-refractivity contribution in [3.63, 3.8) is 0 Å². The van der Waals surface area contributed by atoms with Gasteiger partial charge in [0.1, 0.15) is 0 Å². The number of para-hydroxylation sites is 1. The molecule has 1 aliphatic rings. The fourth-order valence-corrected chi connectivity index (χ4v) is 2.99. The van der Waals surface area contributed by atoms with Crippen LogP contribution in [0.1, 0.15) is 37.4 Å². The van der Waals surface area contributed by atoms with E-state index in [4.69, 9.17) is 0 Å². The molecule has 88 valence electrons. The van der Waals surface area contributed by atoms with Crippen LogP contribution in [-0.2, 0) is 13.0 Å². The SMILES string of the molecule is CC(C)c1c2n(c3ccccc3c1=O)CCC2. The largest absolute Gasteiger partial charge is 0.344 e. The summed E-state index contributed by atoms with van der Waals surface area (Å²) in [4.78, 5) is 12.5. The van der Waals surface area contributed by atoms with Gasteiger partial charge < -0.3 is 4.57 Å². The molecule has 2 heterocycles. The predicted molar refractivity (Wildman–Crippen MR) is 70.6 cm³/mol. The van der Waals surface area contributed by atoms with Crippen molar-refractivity contribution in [1.82, 2.24) is 4.57 Å². The molecule has 1 aromatic carbocycles. The summed E-state index contributed by atoms with van der Waals surface area (Å²) < 4.78 is 2.34. The summed E-state index contributed by atoms with van der Waals surface area (Å²) in [6.07, 6.45) is 2.21. The molecule has 0 bridgehead atoms. The van der Waals surface area contributed by atoms with Crippen LogP contribution in [0, 0.1) is 0 Å². The van der Waals surface area contributed by atoms with Gasteiger partial charge in [-0.15, -0.1) is 0 Å². The molecular weight excluding hydrogens is 210 g/mol. The molecule has 0 fully saturated rings. The Bertz CT molecular complexity index is 637. The van der Waals surface area contributed by atoms with Crippen LogP contribution in [0.4, 0.5) is 0 Å². The Labute approximate surface area is 101 Å². The zero-order valence-electron chi connectivity index (χ0n) is 10.4. The number of rotatable bonds is 1. The van der Waals surface area contributed by atoms with E-state index in [1.165, 1.54) is 5.69 Å². The Kier molecular flexibility index (Phi) is 2.32. The molecule has 0 unspecified atom stereocenters. The van der Waals surface area contributed by atoms with Gasteiger partial charge in [-0.1, -0.05) is 26.0 Å². The normalized spacial score (nSPS) is 14.5. The van der Waals surface area contributed by atoms with Crippen molar-refractivity contribution in [3.05, 3.63) is 45.7 Å². The van der Waals surface area contributed by atoms with E-state index in [9.17, 15) is 4.79 Å². The van der Waals surface area contributed by atoms with Crippen LogP contribution in [0.25, 0.3) is 10.9 Å². The van der Waals surface area contributed by atoms with Gasteiger partial charge in [-0.25, -0.2) is 0 Å². The average Bonchev–Trinajstić information content (AvgIpc) is 2.78. The molecule has 0 spiro atoms. The van der Waals surface area contributed by atoms with Gasteiger partial charge in [0, 0.05) is 23.2 Å². The molecule has 0 radical (unpaired) electrons. The standard InChI is InChI=1S/C15H17NO/c1-10(2)14-13-8-5-9-16(13)12-7-4-3-6-11(12)15(14)17/h3-4,6-7,10H,5,8-9H2,1-2H3.